The lowest BCUT2D eigenvalue weighted by Crippen LogP contribution is -2.59. The second kappa shape index (κ2) is 6.89. The SMILES string of the molecule is CCCC(N)C(=O)NC1(C(=O)O)CCC(CC)CC1. The van der Waals surface area contributed by atoms with E-state index in [1.54, 1.807) is 0 Å². The van der Waals surface area contributed by atoms with Gasteiger partial charge >= 0.3 is 5.97 Å². The summed E-state index contributed by atoms with van der Waals surface area (Å²) in [6.45, 7) is 4.07. The molecule has 1 atom stereocenters. The van der Waals surface area contributed by atoms with Crippen molar-refractivity contribution in [3.8, 4) is 0 Å². The number of nitrogens with two attached hydrogens (primary N) is 1. The van der Waals surface area contributed by atoms with Crippen LogP contribution in [0.5, 0.6) is 0 Å². The summed E-state index contributed by atoms with van der Waals surface area (Å²) in [4.78, 5) is 23.5. The second-order valence-corrected chi connectivity index (χ2v) is 5.62. The third kappa shape index (κ3) is 3.93. The van der Waals surface area contributed by atoms with Crippen LogP contribution in [0.15, 0.2) is 0 Å². The molecule has 0 radical (unpaired) electrons. The summed E-state index contributed by atoms with van der Waals surface area (Å²) in [5.41, 5.74) is 4.65. The van der Waals surface area contributed by atoms with Gasteiger partial charge in [-0.15, -0.1) is 0 Å². The summed E-state index contributed by atoms with van der Waals surface area (Å²) in [6.07, 6.45) is 5.18. The molecule has 0 spiro atoms. The lowest BCUT2D eigenvalue weighted by Gasteiger charge is -2.37. The molecule has 0 aromatic carbocycles. The molecule has 19 heavy (non-hydrogen) atoms. The van der Waals surface area contributed by atoms with E-state index in [1.165, 1.54) is 0 Å². The maximum Gasteiger partial charge on any atom is 0.329 e. The molecule has 1 amide bonds. The lowest BCUT2D eigenvalue weighted by atomic mass is 9.75. The quantitative estimate of drug-likeness (QED) is 0.684. The predicted molar refractivity (Wildman–Crippen MR) is 73.6 cm³/mol. The molecule has 1 unspecified atom stereocenters. The van der Waals surface area contributed by atoms with E-state index in [0.717, 1.165) is 25.7 Å². The normalized spacial score (nSPS) is 28.7. The highest BCUT2D eigenvalue weighted by Crippen LogP contribution is 2.34. The number of carboxylic acid groups (broad SMARTS) is 1. The van der Waals surface area contributed by atoms with Crippen LogP contribution >= 0.6 is 0 Å². The summed E-state index contributed by atoms with van der Waals surface area (Å²) in [5, 5.41) is 12.2. The van der Waals surface area contributed by atoms with Crippen LogP contribution in [-0.4, -0.2) is 28.6 Å². The van der Waals surface area contributed by atoms with E-state index in [0.29, 0.717) is 25.2 Å². The van der Waals surface area contributed by atoms with Gasteiger partial charge in [0.25, 0.3) is 0 Å². The molecular formula is C14H26N2O3. The summed E-state index contributed by atoms with van der Waals surface area (Å²) in [7, 11) is 0. The predicted octanol–water partition coefficient (Wildman–Crippen LogP) is 1.65. The van der Waals surface area contributed by atoms with Crippen LogP contribution in [0, 0.1) is 5.92 Å². The molecule has 110 valence electrons. The van der Waals surface area contributed by atoms with Crippen molar-refractivity contribution in [2.24, 2.45) is 11.7 Å². The molecule has 0 bridgehead atoms. The molecule has 5 nitrogen and oxygen atoms in total. The zero-order valence-electron chi connectivity index (χ0n) is 11.9. The summed E-state index contributed by atoms with van der Waals surface area (Å²) in [6, 6.07) is -0.606. The monoisotopic (exact) mass is 270 g/mol. The first-order valence-electron chi connectivity index (χ1n) is 7.26. The minimum absolute atomic E-state index is 0.334. The van der Waals surface area contributed by atoms with E-state index in [9.17, 15) is 14.7 Å². The Bertz CT molecular complexity index is 323. The molecule has 0 saturated heterocycles. The number of carbonyl (C=O) groups is 2. The Labute approximate surface area is 114 Å². The maximum absolute atomic E-state index is 12.0. The van der Waals surface area contributed by atoms with E-state index in [4.69, 9.17) is 5.73 Å². The topological polar surface area (TPSA) is 92.4 Å². The van der Waals surface area contributed by atoms with Crippen molar-refractivity contribution < 1.29 is 14.7 Å². The molecule has 1 aliphatic carbocycles. The van der Waals surface area contributed by atoms with Gasteiger partial charge in [-0.1, -0.05) is 26.7 Å². The first-order chi connectivity index (χ1) is 8.95. The highest BCUT2D eigenvalue weighted by Gasteiger charge is 2.43. The maximum atomic E-state index is 12.0. The van der Waals surface area contributed by atoms with Gasteiger partial charge in [0, 0.05) is 0 Å². The Hall–Kier alpha value is -1.10. The number of hydrogen-bond acceptors (Lipinski definition) is 3. The van der Waals surface area contributed by atoms with Crippen molar-refractivity contribution in [1.82, 2.24) is 5.32 Å². The number of carboxylic acids is 1. The van der Waals surface area contributed by atoms with Gasteiger partial charge in [-0.25, -0.2) is 4.79 Å². The van der Waals surface area contributed by atoms with E-state index in [-0.39, 0.29) is 5.91 Å². The molecule has 1 aliphatic rings. The van der Waals surface area contributed by atoms with E-state index in [2.05, 4.69) is 12.2 Å². The van der Waals surface area contributed by atoms with Crippen LogP contribution < -0.4 is 11.1 Å². The number of aliphatic carboxylic acids is 1. The zero-order chi connectivity index (χ0) is 14.5. The molecule has 1 rings (SSSR count). The van der Waals surface area contributed by atoms with E-state index >= 15 is 0 Å². The molecule has 0 heterocycles. The van der Waals surface area contributed by atoms with Crippen molar-refractivity contribution in [3.63, 3.8) is 0 Å². The fourth-order valence-electron chi connectivity index (χ4n) is 2.74. The van der Waals surface area contributed by atoms with Crippen LogP contribution in [-0.2, 0) is 9.59 Å². The second-order valence-electron chi connectivity index (χ2n) is 5.62. The average molecular weight is 270 g/mol. The Morgan fingerprint density at radius 2 is 1.95 bits per heavy atom. The number of rotatable bonds is 6. The molecule has 5 heteroatoms. The average Bonchev–Trinajstić information content (AvgIpc) is 2.39. The zero-order valence-corrected chi connectivity index (χ0v) is 11.9. The Balaban J connectivity index is 2.68. The Morgan fingerprint density at radius 1 is 1.37 bits per heavy atom. The van der Waals surface area contributed by atoms with Crippen LogP contribution in [0.1, 0.15) is 58.8 Å². The standard InChI is InChI=1S/C14H26N2O3/c1-3-5-11(15)12(17)16-14(13(18)19)8-6-10(4-2)7-9-14/h10-11H,3-9,15H2,1-2H3,(H,16,17)(H,18,19). The highest BCUT2D eigenvalue weighted by molar-refractivity contribution is 5.89. The largest absolute Gasteiger partial charge is 0.480 e. The van der Waals surface area contributed by atoms with Crippen LogP contribution in [0.3, 0.4) is 0 Å². The van der Waals surface area contributed by atoms with Gasteiger partial charge in [-0.2, -0.15) is 0 Å². The minimum atomic E-state index is -1.10. The molecule has 1 saturated carbocycles. The molecule has 4 N–H and O–H groups in total. The van der Waals surface area contributed by atoms with Gasteiger partial charge in [0.05, 0.1) is 6.04 Å². The third-order valence-corrected chi connectivity index (χ3v) is 4.24. The highest BCUT2D eigenvalue weighted by atomic mass is 16.4. The third-order valence-electron chi connectivity index (χ3n) is 4.24. The Morgan fingerprint density at radius 3 is 2.37 bits per heavy atom. The molecule has 0 aliphatic heterocycles. The van der Waals surface area contributed by atoms with Gasteiger partial charge in [-0.3, -0.25) is 4.79 Å². The summed E-state index contributed by atoms with van der Waals surface area (Å²) >= 11 is 0. The van der Waals surface area contributed by atoms with Gasteiger partial charge in [0.2, 0.25) is 5.91 Å². The minimum Gasteiger partial charge on any atom is -0.480 e. The molecular weight excluding hydrogens is 244 g/mol. The number of amides is 1. The van der Waals surface area contributed by atoms with Gasteiger partial charge in [0.15, 0.2) is 0 Å². The van der Waals surface area contributed by atoms with Crippen molar-refractivity contribution in [2.45, 2.75) is 70.4 Å². The van der Waals surface area contributed by atoms with Gasteiger partial charge in [-0.05, 0) is 38.0 Å². The molecule has 0 aromatic heterocycles. The van der Waals surface area contributed by atoms with Crippen LogP contribution in [0.4, 0.5) is 0 Å². The van der Waals surface area contributed by atoms with E-state index < -0.39 is 17.6 Å². The van der Waals surface area contributed by atoms with Crippen molar-refractivity contribution in [3.05, 3.63) is 0 Å². The number of nitrogens with one attached hydrogen (secondary N) is 1. The first-order valence-corrected chi connectivity index (χ1v) is 7.26. The summed E-state index contributed by atoms with van der Waals surface area (Å²) in [5.74, 6) is -0.688. The fraction of sp³-hybridized carbons (Fsp3) is 0.857. The first kappa shape index (κ1) is 16.0. The lowest BCUT2D eigenvalue weighted by molar-refractivity contribution is -0.150. The number of hydrogen-bond donors (Lipinski definition) is 3. The van der Waals surface area contributed by atoms with Crippen molar-refractivity contribution >= 4 is 11.9 Å². The summed E-state index contributed by atoms with van der Waals surface area (Å²) < 4.78 is 0. The molecule has 1 fully saturated rings. The smallest absolute Gasteiger partial charge is 0.329 e. The number of carbonyl (C=O) groups excluding carboxylic acids is 1. The van der Waals surface area contributed by atoms with E-state index in [1.807, 2.05) is 6.92 Å². The Kier molecular flexibility index (Phi) is 5.79. The van der Waals surface area contributed by atoms with Gasteiger partial charge < -0.3 is 16.2 Å². The van der Waals surface area contributed by atoms with Crippen molar-refractivity contribution in [1.29, 1.82) is 0 Å². The van der Waals surface area contributed by atoms with Crippen LogP contribution in [0.25, 0.3) is 0 Å². The molecule has 0 aromatic rings. The van der Waals surface area contributed by atoms with Gasteiger partial charge in [0.1, 0.15) is 5.54 Å². The van der Waals surface area contributed by atoms with Crippen LogP contribution in [0.2, 0.25) is 0 Å². The fourth-order valence-corrected chi connectivity index (χ4v) is 2.74. The van der Waals surface area contributed by atoms with Crippen molar-refractivity contribution in [2.75, 3.05) is 0 Å².